The van der Waals surface area contributed by atoms with E-state index in [9.17, 15) is 13.2 Å². The van der Waals surface area contributed by atoms with Crippen molar-refractivity contribution in [1.29, 1.82) is 0 Å². The van der Waals surface area contributed by atoms with Crippen LogP contribution in [-0.4, -0.2) is 56.9 Å². The van der Waals surface area contributed by atoms with Crippen molar-refractivity contribution >= 4 is 15.7 Å². The van der Waals surface area contributed by atoms with E-state index in [4.69, 9.17) is 0 Å². The van der Waals surface area contributed by atoms with Crippen LogP contribution in [0.25, 0.3) is 0 Å². The van der Waals surface area contributed by atoms with E-state index in [1.165, 1.54) is 31.9 Å². The fourth-order valence-electron chi connectivity index (χ4n) is 4.75. The second kappa shape index (κ2) is 7.09. The van der Waals surface area contributed by atoms with Crippen LogP contribution in [0.5, 0.6) is 0 Å². The Labute approximate surface area is 140 Å². The minimum absolute atomic E-state index is 0.230. The Balaban J connectivity index is 1.34. The Morgan fingerprint density at radius 3 is 2.43 bits per heavy atom. The second-order valence-electron chi connectivity index (χ2n) is 7.95. The second-order valence-corrected chi connectivity index (χ2v) is 10.2. The molecule has 23 heavy (non-hydrogen) atoms. The zero-order chi connectivity index (χ0) is 16.4. The highest BCUT2D eigenvalue weighted by atomic mass is 32.2. The highest BCUT2D eigenvalue weighted by Gasteiger charge is 2.40. The third-order valence-corrected chi connectivity index (χ3v) is 6.99. The van der Waals surface area contributed by atoms with Gasteiger partial charge in [0.25, 0.3) is 0 Å². The molecule has 2 aliphatic carbocycles. The molecule has 0 aromatic carbocycles. The van der Waals surface area contributed by atoms with Gasteiger partial charge in [-0.1, -0.05) is 6.42 Å². The molecule has 3 aliphatic rings. The average Bonchev–Trinajstić information content (AvgIpc) is 3.08. The quantitative estimate of drug-likeness (QED) is 0.793. The number of hydrogen-bond acceptors (Lipinski definition) is 4. The summed E-state index contributed by atoms with van der Waals surface area (Å²) in [6.07, 6.45) is 9.22. The van der Waals surface area contributed by atoms with Crippen molar-refractivity contribution in [2.45, 2.75) is 51.0 Å². The Bertz CT molecular complexity index is 526. The predicted molar refractivity (Wildman–Crippen MR) is 90.9 cm³/mol. The Hall–Kier alpha value is -0.620. The van der Waals surface area contributed by atoms with Crippen molar-refractivity contribution in [3.8, 4) is 0 Å². The van der Waals surface area contributed by atoms with Crippen molar-refractivity contribution < 1.29 is 13.2 Å². The molecule has 3 rings (SSSR count). The fourth-order valence-corrected chi connectivity index (χ4v) is 5.34. The molecule has 0 spiro atoms. The van der Waals surface area contributed by atoms with E-state index < -0.39 is 9.84 Å². The normalized spacial score (nSPS) is 32.3. The predicted octanol–water partition coefficient (Wildman–Crippen LogP) is 1.44. The first-order valence-corrected chi connectivity index (χ1v) is 11.1. The molecule has 6 heteroatoms. The van der Waals surface area contributed by atoms with Crippen LogP contribution in [-0.2, 0) is 14.6 Å². The van der Waals surface area contributed by atoms with Gasteiger partial charge in [-0.05, 0) is 49.9 Å². The largest absolute Gasteiger partial charge is 0.353 e. The van der Waals surface area contributed by atoms with E-state index in [1.807, 2.05) is 0 Å². The van der Waals surface area contributed by atoms with Gasteiger partial charge in [-0.15, -0.1) is 0 Å². The van der Waals surface area contributed by atoms with Crippen LogP contribution in [0.1, 0.15) is 44.9 Å². The van der Waals surface area contributed by atoms with Crippen LogP contribution in [0.4, 0.5) is 0 Å². The molecular formula is C17H30N2O3S. The molecule has 0 radical (unpaired) electrons. The minimum atomic E-state index is -2.89. The van der Waals surface area contributed by atoms with Crippen molar-refractivity contribution in [2.75, 3.05) is 31.6 Å². The number of nitrogens with zero attached hydrogens (tertiary/aromatic N) is 1. The van der Waals surface area contributed by atoms with Gasteiger partial charge >= 0.3 is 0 Å². The number of fused-ring (bicyclic) bond motifs is 2. The summed E-state index contributed by atoms with van der Waals surface area (Å²) in [5, 5.41) is 3.21. The first kappa shape index (κ1) is 17.2. The fraction of sp³-hybridized carbons (Fsp3) is 0.941. The lowest BCUT2D eigenvalue weighted by molar-refractivity contribution is -0.123. The van der Waals surface area contributed by atoms with Crippen molar-refractivity contribution in [3.05, 3.63) is 0 Å². The molecule has 0 aromatic heterocycles. The summed E-state index contributed by atoms with van der Waals surface area (Å²) in [7, 11) is -2.89. The topological polar surface area (TPSA) is 66.5 Å². The average molecular weight is 343 g/mol. The molecule has 3 atom stereocenters. The molecular weight excluding hydrogens is 312 g/mol. The lowest BCUT2D eigenvalue weighted by Crippen LogP contribution is -2.46. The number of carbonyl (C=O) groups is 1. The number of amides is 1. The maximum atomic E-state index is 12.3. The maximum Gasteiger partial charge on any atom is 0.220 e. The molecule has 0 aromatic rings. The van der Waals surface area contributed by atoms with E-state index in [0.717, 1.165) is 44.2 Å². The van der Waals surface area contributed by atoms with Gasteiger partial charge in [0.1, 0.15) is 9.84 Å². The zero-order valence-corrected chi connectivity index (χ0v) is 15.0. The van der Waals surface area contributed by atoms with Crippen molar-refractivity contribution in [1.82, 2.24) is 10.2 Å². The van der Waals surface area contributed by atoms with Crippen molar-refractivity contribution in [3.63, 3.8) is 0 Å². The summed E-state index contributed by atoms with van der Waals surface area (Å²) < 4.78 is 22.4. The number of carbonyl (C=O) groups excluding carboxylic acids is 1. The molecule has 1 aliphatic heterocycles. The summed E-state index contributed by atoms with van der Waals surface area (Å²) in [6.45, 7) is 2.38. The third kappa shape index (κ3) is 4.92. The van der Waals surface area contributed by atoms with Gasteiger partial charge in [-0.25, -0.2) is 8.42 Å². The van der Waals surface area contributed by atoms with E-state index in [0.29, 0.717) is 12.5 Å². The highest BCUT2D eigenvalue weighted by Crippen LogP contribution is 2.49. The van der Waals surface area contributed by atoms with E-state index >= 15 is 0 Å². The number of piperidine rings is 1. The molecule has 5 nitrogen and oxygen atoms in total. The Kier molecular flexibility index (Phi) is 5.31. The number of likely N-dealkylation sites (tertiary alicyclic amines) is 1. The molecule has 2 saturated carbocycles. The lowest BCUT2D eigenvalue weighted by Gasteiger charge is -2.32. The van der Waals surface area contributed by atoms with E-state index in [2.05, 4.69) is 10.2 Å². The number of nitrogens with one attached hydrogen (secondary N) is 1. The van der Waals surface area contributed by atoms with Crippen LogP contribution in [0.15, 0.2) is 0 Å². The van der Waals surface area contributed by atoms with Gasteiger partial charge in [-0.2, -0.15) is 0 Å². The van der Waals surface area contributed by atoms with Gasteiger partial charge in [0, 0.05) is 38.4 Å². The van der Waals surface area contributed by atoms with E-state index in [-0.39, 0.29) is 17.7 Å². The minimum Gasteiger partial charge on any atom is -0.353 e. The highest BCUT2D eigenvalue weighted by molar-refractivity contribution is 7.90. The van der Waals surface area contributed by atoms with Crippen LogP contribution in [0.3, 0.4) is 0 Å². The summed E-state index contributed by atoms with van der Waals surface area (Å²) in [5.74, 6) is 2.80. The van der Waals surface area contributed by atoms with Gasteiger partial charge in [0.15, 0.2) is 0 Å². The molecule has 2 bridgehead atoms. The van der Waals surface area contributed by atoms with E-state index in [1.54, 1.807) is 0 Å². The van der Waals surface area contributed by atoms with Gasteiger partial charge < -0.3 is 10.2 Å². The van der Waals surface area contributed by atoms with Gasteiger partial charge in [-0.3, -0.25) is 4.79 Å². The number of hydrogen-bond donors (Lipinski definition) is 1. The van der Waals surface area contributed by atoms with Gasteiger partial charge in [0.05, 0.1) is 5.75 Å². The molecule has 1 amide bonds. The molecule has 3 fully saturated rings. The molecule has 132 valence electrons. The standard InChI is InChI=1S/C17H30N2O3S/c1-23(21,22)9-8-19-6-4-16(5-7-19)18-17(20)12-15-11-13-2-3-14(15)10-13/h13-16H,2-12H2,1H3,(H,18,20)/t13-,14-,15+/m0/s1. The smallest absolute Gasteiger partial charge is 0.220 e. The first-order valence-electron chi connectivity index (χ1n) is 9.08. The monoisotopic (exact) mass is 342 g/mol. The lowest BCUT2D eigenvalue weighted by atomic mass is 9.86. The third-order valence-electron chi connectivity index (χ3n) is 6.06. The Morgan fingerprint density at radius 2 is 1.87 bits per heavy atom. The summed E-state index contributed by atoms with van der Waals surface area (Å²) in [5.41, 5.74) is 0. The molecule has 1 heterocycles. The molecule has 0 unspecified atom stereocenters. The zero-order valence-electron chi connectivity index (χ0n) is 14.2. The van der Waals surface area contributed by atoms with Crippen LogP contribution >= 0.6 is 0 Å². The van der Waals surface area contributed by atoms with Crippen molar-refractivity contribution in [2.24, 2.45) is 17.8 Å². The first-order chi connectivity index (χ1) is 10.9. The van der Waals surface area contributed by atoms with Crippen LogP contribution in [0, 0.1) is 17.8 Å². The molecule has 1 saturated heterocycles. The number of rotatable bonds is 6. The maximum absolute atomic E-state index is 12.3. The molecule has 1 N–H and O–H groups in total. The van der Waals surface area contributed by atoms with Crippen LogP contribution < -0.4 is 5.32 Å². The summed E-state index contributed by atoms with van der Waals surface area (Å²) in [6, 6.07) is 0.274. The number of sulfone groups is 1. The summed E-state index contributed by atoms with van der Waals surface area (Å²) >= 11 is 0. The SMILES string of the molecule is CS(=O)(=O)CCN1CCC(NC(=O)C[C@H]2C[C@H]3CC[C@H]2C3)CC1. The summed E-state index contributed by atoms with van der Waals surface area (Å²) in [4.78, 5) is 14.5. The van der Waals surface area contributed by atoms with Gasteiger partial charge in [0.2, 0.25) is 5.91 Å². The Morgan fingerprint density at radius 1 is 1.13 bits per heavy atom. The van der Waals surface area contributed by atoms with Crippen LogP contribution in [0.2, 0.25) is 0 Å².